The van der Waals surface area contributed by atoms with E-state index < -0.39 is 24.1 Å². The molecule has 1 aliphatic heterocycles. The molecule has 1 fully saturated rings. The molecule has 34 heavy (non-hydrogen) atoms. The van der Waals surface area contributed by atoms with E-state index in [1.165, 1.54) is 0 Å². The van der Waals surface area contributed by atoms with Crippen molar-refractivity contribution >= 4 is 0 Å². The van der Waals surface area contributed by atoms with Crippen LogP contribution >= 0.6 is 0 Å². The molecule has 1 saturated heterocycles. The molecule has 1 aliphatic rings. The van der Waals surface area contributed by atoms with Crippen molar-refractivity contribution in [2.24, 2.45) is 0 Å². The first-order valence-corrected chi connectivity index (χ1v) is 11.5. The van der Waals surface area contributed by atoms with E-state index in [0.717, 1.165) is 16.7 Å². The lowest BCUT2D eigenvalue weighted by atomic mass is 9.88. The lowest BCUT2D eigenvalue weighted by Gasteiger charge is -2.48. The Labute approximate surface area is 201 Å². The van der Waals surface area contributed by atoms with Crippen LogP contribution in [0.1, 0.15) is 23.6 Å². The molecule has 0 saturated carbocycles. The Balaban J connectivity index is 1.59. The fourth-order valence-corrected chi connectivity index (χ4v) is 4.04. The van der Waals surface area contributed by atoms with Gasteiger partial charge in [0, 0.05) is 7.11 Å². The summed E-state index contributed by atoms with van der Waals surface area (Å²) in [6.07, 6.45) is -1.74. The zero-order valence-corrected chi connectivity index (χ0v) is 19.8. The van der Waals surface area contributed by atoms with Gasteiger partial charge < -0.3 is 23.7 Å². The first-order chi connectivity index (χ1) is 16.6. The van der Waals surface area contributed by atoms with E-state index in [-0.39, 0.29) is 0 Å². The Bertz CT molecular complexity index is 1020. The Morgan fingerprint density at radius 1 is 0.735 bits per heavy atom. The van der Waals surface area contributed by atoms with Gasteiger partial charge in [0.05, 0.1) is 19.8 Å². The number of ether oxygens (including phenoxy) is 5. The van der Waals surface area contributed by atoms with Crippen molar-refractivity contribution in [3.8, 4) is 0 Å². The third-order valence-electron chi connectivity index (χ3n) is 6.09. The highest BCUT2D eigenvalue weighted by Gasteiger charge is 2.54. The van der Waals surface area contributed by atoms with Gasteiger partial charge in [-0.2, -0.15) is 0 Å². The van der Waals surface area contributed by atoms with Crippen LogP contribution in [-0.2, 0) is 43.5 Å². The van der Waals surface area contributed by atoms with Crippen LogP contribution in [0.15, 0.2) is 103 Å². The molecule has 178 valence electrons. The van der Waals surface area contributed by atoms with Gasteiger partial charge in [-0.3, -0.25) is 0 Å². The molecule has 0 N–H and O–H groups in total. The van der Waals surface area contributed by atoms with E-state index in [1.54, 1.807) is 7.11 Å². The molecular formula is C29H32O5. The normalized spacial score (nSPS) is 24.5. The molecular weight excluding hydrogens is 428 g/mol. The van der Waals surface area contributed by atoms with Crippen LogP contribution in [-0.4, -0.2) is 31.2 Å². The minimum absolute atomic E-state index is 0.383. The van der Waals surface area contributed by atoms with Crippen molar-refractivity contribution in [1.29, 1.82) is 0 Å². The van der Waals surface area contributed by atoms with E-state index >= 15 is 0 Å². The number of hydrogen-bond acceptors (Lipinski definition) is 5. The smallest absolute Gasteiger partial charge is 0.228 e. The van der Waals surface area contributed by atoms with E-state index in [4.69, 9.17) is 23.7 Å². The molecule has 3 aromatic rings. The zero-order valence-electron chi connectivity index (χ0n) is 19.8. The second kappa shape index (κ2) is 11.4. The Kier molecular flexibility index (Phi) is 8.14. The third kappa shape index (κ3) is 5.75. The minimum atomic E-state index is -0.957. The SMILES string of the molecule is C=C1O[C@H](OC)[C@H](OCc2ccccc2)[C@@H](OCc2ccccc2)[C@]1(C)OCc1ccccc1. The molecule has 1 heterocycles. The molecule has 4 atom stereocenters. The summed E-state index contributed by atoms with van der Waals surface area (Å²) in [5, 5.41) is 0. The van der Waals surface area contributed by atoms with Crippen LogP contribution in [0, 0.1) is 0 Å². The number of hydrogen-bond donors (Lipinski definition) is 0. The minimum Gasteiger partial charge on any atom is -0.464 e. The third-order valence-corrected chi connectivity index (χ3v) is 6.09. The molecule has 0 aromatic heterocycles. The quantitative estimate of drug-likeness (QED) is 0.391. The van der Waals surface area contributed by atoms with Crippen molar-refractivity contribution in [2.75, 3.05) is 7.11 Å². The fourth-order valence-electron chi connectivity index (χ4n) is 4.04. The van der Waals surface area contributed by atoms with E-state index in [2.05, 4.69) is 6.58 Å². The van der Waals surface area contributed by atoms with Gasteiger partial charge in [-0.1, -0.05) is 97.6 Å². The highest BCUT2D eigenvalue weighted by Crippen LogP contribution is 2.39. The lowest BCUT2D eigenvalue weighted by Crippen LogP contribution is -2.61. The molecule has 4 rings (SSSR count). The van der Waals surface area contributed by atoms with Gasteiger partial charge in [-0.25, -0.2) is 0 Å². The first-order valence-electron chi connectivity index (χ1n) is 11.5. The Morgan fingerprint density at radius 2 is 1.21 bits per heavy atom. The maximum Gasteiger partial charge on any atom is 0.228 e. The maximum atomic E-state index is 6.51. The van der Waals surface area contributed by atoms with E-state index in [9.17, 15) is 0 Å². The van der Waals surface area contributed by atoms with Crippen molar-refractivity contribution in [1.82, 2.24) is 0 Å². The highest BCUT2D eigenvalue weighted by molar-refractivity contribution is 5.19. The van der Waals surface area contributed by atoms with Crippen molar-refractivity contribution < 1.29 is 23.7 Å². The predicted octanol–water partition coefficient (Wildman–Crippen LogP) is 5.65. The topological polar surface area (TPSA) is 46.2 Å². The van der Waals surface area contributed by atoms with Crippen molar-refractivity contribution in [2.45, 2.75) is 50.8 Å². The first kappa shape index (κ1) is 24.2. The summed E-state index contributed by atoms with van der Waals surface area (Å²) in [6, 6.07) is 30.1. The average molecular weight is 461 g/mol. The molecule has 0 unspecified atom stereocenters. The van der Waals surface area contributed by atoms with Gasteiger partial charge >= 0.3 is 0 Å². The van der Waals surface area contributed by atoms with Crippen LogP contribution < -0.4 is 0 Å². The lowest BCUT2D eigenvalue weighted by molar-refractivity contribution is -0.295. The largest absolute Gasteiger partial charge is 0.464 e. The van der Waals surface area contributed by atoms with Crippen molar-refractivity contribution in [3.63, 3.8) is 0 Å². The van der Waals surface area contributed by atoms with Crippen molar-refractivity contribution in [3.05, 3.63) is 120 Å². The molecule has 5 nitrogen and oxygen atoms in total. The van der Waals surface area contributed by atoms with Gasteiger partial charge in [0.1, 0.15) is 18.0 Å². The maximum absolute atomic E-state index is 6.51. The van der Waals surface area contributed by atoms with Gasteiger partial charge in [-0.15, -0.1) is 0 Å². The molecule has 0 aliphatic carbocycles. The summed E-state index contributed by atoms with van der Waals surface area (Å²) in [5.41, 5.74) is 2.20. The molecule has 3 aromatic carbocycles. The van der Waals surface area contributed by atoms with E-state index in [1.807, 2.05) is 97.9 Å². The molecule has 0 bridgehead atoms. The second-order valence-electron chi connectivity index (χ2n) is 8.50. The van der Waals surface area contributed by atoms with Crippen LogP contribution in [0.5, 0.6) is 0 Å². The monoisotopic (exact) mass is 460 g/mol. The van der Waals surface area contributed by atoms with Gasteiger partial charge in [-0.05, 0) is 23.6 Å². The number of benzene rings is 3. The van der Waals surface area contributed by atoms with Crippen LogP contribution in [0.3, 0.4) is 0 Å². The second-order valence-corrected chi connectivity index (χ2v) is 8.50. The summed E-state index contributed by atoms with van der Waals surface area (Å²) in [7, 11) is 1.60. The summed E-state index contributed by atoms with van der Waals surface area (Å²) in [6.45, 7) is 7.28. The Hall–Kier alpha value is -2.96. The van der Waals surface area contributed by atoms with E-state index in [0.29, 0.717) is 25.6 Å². The standard InChI is InChI=1S/C29H32O5/c1-22-29(2,33-21-25-17-11-6-12-18-25)27(32-20-24-15-9-5-10-16-24)26(28(30-3)34-22)31-19-23-13-7-4-8-14-23/h4-18,26-28H,1,19-21H2,2-3H3/t26-,27-,28+,29-/m1/s1. The summed E-state index contributed by atoms with van der Waals surface area (Å²) in [4.78, 5) is 0. The molecule has 0 spiro atoms. The van der Waals surface area contributed by atoms with Gasteiger partial charge in [0.15, 0.2) is 5.60 Å². The number of methoxy groups -OCH3 is 1. The summed E-state index contributed by atoms with van der Waals surface area (Å²) < 4.78 is 31.1. The highest BCUT2D eigenvalue weighted by atomic mass is 16.7. The van der Waals surface area contributed by atoms with Crippen LogP contribution in [0.25, 0.3) is 0 Å². The van der Waals surface area contributed by atoms with Gasteiger partial charge in [0.25, 0.3) is 0 Å². The molecule has 0 radical (unpaired) electrons. The summed E-state index contributed by atoms with van der Waals surface area (Å²) in [5.74, 6) is 0.452. The zero-order chi connectivity index (χ0) is 23.8. The molecule has 0 amide bonds. The fraction of sp³-hybridized carbons (Fsp3) is 0.310. The van der Waals surface area contributed by atoms with Crippen LogP contribution in [0.2, 0.25) is 0 Å². The number of rotatable bonds is 10. The predicted molar refractivity (Wildman–Crippen MR) is 131 cm³/mol. The average Bonchev–Trinajstić information content (AvgIpc) is 2.89. The van der Waals surface area contributed by atoms with Crippen LogP contribution in [0.4, 0.5) is 0 Å². The summed E-state index contributed by atoms with van der Waals surface area (Å²) >= 11 is 0. The van der Waals surface area contributed by atoms with Gasteiger partial charge in [0.2, 0.25) is 6.29 Å². The Morgan fingerprint density at radius 3 is 1.71 bits per heavy atom. The molecule has 5 heteroatoms.